The van der Waals surface area contributed by atoms with Crippen LogP contribution in [0.2, 0.25) is 0 Å². The van der Waals surface area contributed by atoms with Crippen LogP contribution in [0.3, 0.4) is 0 Å². The van der Waals surface area contributed by atoms with Gasteiger partial charge in [-0.25, -0.2) is 4.79 Å². The number of halogens is 6. The van der Waals surface area contributed by atoms with Crippen molar-refractivity contribution in [2.45, 2.75) is 50.9 Å². The third-order valence-electron chi connectivity index (χ3n) is 5.29. The molecule has 0 fully saturated rings. The van der Waals surface area contributed by atoms with Crippen LogP contribution in [0.1, 0.15) is 49.0 Å². The van der Waals surface area contributed by atoms with Crippen LogP contribution in [0.4, 0.5) is 26.3 Å². The van der Waals surface area contributed by atoms with Gasteiger partial charge < -0.3 is 14.6 Å². The van der Waals surface area contributed by atoms with Crippen LogP contribution in [-0.2, 0) is 26.6 Å². The van der Waals surface area contributed by atoms with Crippen LogP contribution in [-0.4, -0.2) is 17.4 Å². The molecule has 174 valence electrons. The molecular weight excluding hydrogens is 442 g/mol. The summed E-state index contributed by atoms with van der Waals surface area (Å²) in [5.41, 5.74) is -3.09. The maximum absolute atomic E-state index is 13.2. The summed E-state index contributed by atoms with van der Waals surface area (Å²) in [5.74, 6) is -1.58. The summed E-state index contributed by atoms with van der Waals surface area (Å²) >= 11 is 0. The van der Waals surface area contributed by atoms with Gasteiger partial charge in [-0.15, -0.1) is 0 Å². The molecule has 1 aliphatic carbocycles. The number of ether oxygens (including phenoxy) is 2. The maximum atomic E-state index is 13.2. The molecule has 0 spiro atoms. The van der Waals surface area contributed by atoms with Crippen molar-refractivity contribution in [3.05, 3.63) is 70.5 Å². The molecule has 0 radical (unpaired) electrons. The molecule has 2 aliphatic rings. The summed E-state index contributed by atoms with van der Waals surface area (Å²) in [5, 5.41) is 9.57. The normalized spacial score (nSPS) is 22.6. The van der Waals surface area contributed by atoms with E-state index in [1.54, 1.807) is 6.08 Å². The van der Waals surface area contributed by atoms with E-state index in [1.807, 2.05) is 6.08 Å². The van der Waals surface area contributed by atoms with Crippen LogP contribution in [0.5, 0.6) is 0 Å². The average Bonchev–Trinajstić information content (AvgIpc) is 2.72. The molecule has 0 amide bonds. The van der Waals surface area contributed by atoms with Crippen molar-refractivity contribution >= 4 is 5.97 Å². The third-order valence-corrected chi connectivity index (χ3v) is 5.29. The highest BCUT2D eigenvalue weighted by atomic mass is 19.4. The van der Waals surface area contributed by atoms with Gasteiger partial charge in [-0.1, -0.05) is 12.2 Å². The molecule has 0 saturated carbocycles. The molecule has 3 atom stereocenters. The van der Waals surface area contributed by atoms with E-state index < -0.39 is 41.8 Å². The standard InChI is InChI=1S/C22H20F6O4/c1-12(14-9-15(21(23,24)25)11-16(10-14)22(26,27)28)32-20-18(13-5-3-2-4-6-13)17(19(29)30)7-8-31-20/h3,5,7-13,20H,2,4,6H2,1H3,(H,29,30)/t12-,13?,20-/m1/s1. The molecule has 3 rings (SSSR count). The zero-order valence-corrected chi connectivity index (χ0v) is 16.8. The second-order valence-corrected chi connectivity index (χ2v) is 7.53. The van der Waals surface area contributed by atoms with E-state index in [0.717, 1.165) is 19.1 Å². The topological polar surface area (TPSA) is 55.8 Å². The summed E-state index contributed by atoms with van der Waals surface area (Å²) in [6.45, 7) is 1.28. The Hall–Kier alpha value is -2.75. The minimum Gasteiger partial charge on any atom is -0.478 e. The molecule has 0 aromatic heterocycles. The molecule has 10 heteroatoms. The van der Waals surface area contributed by atoms with Crippen molar-refractivity contribution in [3.63, 3.8) is 0 Å². The molecule has 1 aromatic rings. The Balaban J connectivity index is 1.97. The maximum Gasteiger partial charge on any atom is 0.416 e. The number of carboxylic acid groups (broad SMARTS) is 1. The molecular formula is C22H20F6O4. The second kappa shape index (κ2) is 9.01. The summed E-state index contributed by atoms with van der Waals surface area (Å²) in [6.07, 6.45) is -4.30. The smallest absolute Gasteiger partial charge is 0.416 e. The molecule has 1 aliphatic heterocycles. The number of hydrogen-bond acceptors (Lipinski definition) is 3. The lowest BCUT2D eigenvalue weighted by Crippen LogP contribution is -2.29. The molecule has 1 aromatic carbocycles. The summed E-state index contributed by atoms with van der Waals surface area (Å²) in [4.78, 5) is 11.7. The average molecular weight is 462 g/mol. The number of allylic oxidation sites excluding steroid dienone is 2. The van der Waals surface area contributed by atoms with E-state index in [2.05, 4.69) is 0 Å². The largest absolute Gasteiger partial charge is 0.478 e. The molecule has 32 heavy (non-hydrogen) atoms. The van der Waals surface area contributed by atoms with Gasteiger partial charge in [-0.05, 0) is 56.0 Å². The zero-order chi connectivity index (χ0) is 23.7. The van der Waals surface area contributed by atoms with E-state index in [0.29, 0.717) is 18.6 Å². The van der Waals surface area contributed by atoms with Gasteiger partial charge in [0.25, 0.3) is 0 Å². The molecule has 0 saturated heterocycles. The van der Waals surface area contributed by atoms with Crippen LogP contribution in [0.15, 0.2) is 53.8 Å². The number of carboxylic acids is 1. The fraction of sp³-hybridized carbons (Fsp3) is 0.409. The van der Waals surface area contributed by atoms with Crippen molar-refractivity contribution < 1.29 is 45.7 Å². The highest BCUT2D eigenvalue weighted by Gasteiger charge is 2.38. The van der Waals surface area contributed by atoms with E-state index in [9.17, 15) is 36.2 Å². The Morgan fingerprint density at radius 2 is 1.75 bits per heavy atom. The first-order valence-electron chi connectivity index (χ1n) is 9.79. The van der Waals surface area contributed by atoms with Gasteiger partial charge in [0.15, 0.2) is 0 Å². The van der Waals surface area contributed by atoms with Crippen molar-refractivity contribution in [3.8, 4) is 0 Å². The van der Waals surface area contributed by atoms with Gasteiger partial charge in [0, 0.05) is 11.5 Å². The lowest BCUT2D eigenvalue weighted by atomic mass is 9.85. The highest BCUT2D eigenvalue weighted by molar-refractivity contribution is 5.91. The predicted molar refractivity (Wildman–Crippen MR) is 101 cm³/mol. The molecule has 0 bridgehead atoms. The number of hydrogen-bond donors (Lipinski definition) is 1. The Kier molecular flexibility index (Phi) is 6.73. The number of carbonyl (C=O) groups is 1. The van der Waals surface area contributed by atoms with Gasteiger partial charge >= 0.3 is 18.3 Å². The monoisotopic (exact) mass is 462 g/mol. The van der Waals surface area contributed by atoms with Crippen LogP contribution < -0.4 is 0 Å². The zero-order valence-electron chi connectivity index (χ0n) is 16.8. The molecule has 4 nitrogen and oxygen atoms in total. The van der Waals surface area contributed by atoms with Crippen molar-refractivity contribution in [2.75, 3.05) is 0 Å². The first-order chi connectivity index (χ1) is 14.9. The Morgan fingerprint density at radius 3 is 2.25 bits per heavy atom. The van der Waals surface area contributed by atoms with E-state index in [1.165, 1.54) is 13.0 Å². The van der Waals surface area contributed by atoms with Crippen LogP contribution in [0.25, 0.3) is 0 Å². The lowest BCUT2D eigenvalue weighted by Gasteiger charge is -2.32. The van der Waals surface area contributed by atoms with Gasteiger partial charge in [-0.2, -0.15) is 26.3 Å². The van der Waals surface area contributed by atoms with Crippen molar-refractivity contribution in [2.24, 2.45) is 5.92 Å². The third kappa shape index (κ3) is 5.35. The summed E-state index contributed by atoms with van der Waals surface area (Å²) < 4.78 is 90.2. The van der Waals surface area contributed by atoms with Crippen LogP contribution in [0, 0.1) is 5.92 Å². The van der Waals surface area contributed by atoms with Gasteiger partial charge in [-0.3, -0.25) is 0 Å². The Bertz CT molecular complexity index is 926. The number of aliphatic carboxylic acids is 1. The van der Waals surface area contributed by atoms with Gasteiger partial charge in [0.05, 0.1) is 29.1 Å². The van der Waals surface area contributed by atoms with Crippen molar-refractivity contribution in [1.82, 2.24) is 0 Å². The number of alkyl halides is 6. The SMILES string of the molecule is C[C@@H](O[C@H]1OC=CC(C(=O)O)=C1C1C=CCCC1)c1cc(C(F)(F)F)cc(C(F)(F)F)c1. The highest BCUT2D eigenvalue weighted by Crippen LogP contribution is 2.40. The summed E-state index contributed by atoms with van der Waals surface area (Å²) in [6, 6.07) is 1.21. The summed E-state index contributed by atoms with van der Waals surface area (Å²) in [7, 11) is 0. The fourth-order valence-electron chi connectivity index (χ4n) is 3.70. The first-order valence-corrected chi connectivity index (χ1v) is 9.79. The van der Waals surface area contributed by atoms with Gasteiger partial charge in [0.2, 0.25) is 6.29 Å². The Morgan fingerprint density at radius 1 is 1.12 bits per heavy atom. The first kappa shape index (κ1) is 23.9. The van der Waals surface area contributed by atoms with E-state index >= 15 is 0 Å². The minimum atomic E-state index is -4.99. The quantitative estimate of drug-likeness (QED) is 0.406. The molecule has 1 unspecified atom stereocenters. The number of benzene rings is 1. The van der Waals surface area contributed by atoms with Gasteiger partial charge in [0.1, 0.15) is 0 Å². The minimum absolute atomic E-state index is 0.0384. The second-order valence-electron chi connectivity index (χ2n) is 7.53. The molecule has 1 N–H and O–H groups in total. The van der Waals surface area contributed by atoms with E-state index in [-0.39, 0.29) is 28.7 Å². The lowest BCUT2D eigenvalue weighted by molar-refractivity contribution is -0.144. The Labute approximate surface area is 179 Å². The molecule has 1 heterocycles. The van der Waals surface area contributed by atoms with Crippen LogP contribution >= 0.6 is 0 Å². The predicted octanol–water partition coefficient (Wildman–Crippen LogP) is 6.41. The van der Waals surface area contributed by atoms with Crippen molar-refractivity contribution in [1.29, 1.82) is 0 Å². The number of rotatable bonds is 5. The van der Waals surface area contributed by atoms with E-state index in [4.69, 9.17) is 9.47 Å². The fourth-order valence-corrected chi connectivity index (χ4v) is 3.70.